The van der Waals surface area contributed by atoms with E-state index in [1.807, 2.05) is 37.4 Å². The summed E-state index contributed by atoms with van der Waals surface area (Å²) in [5.41, 5.74) is 4.41. The summed E-state index contributed by atoms with van der Waals surface area (Å²) in [5, 5.41) is 1.08. The molecule has 1 aromatic carbocycles. The van der Waals surface area contributed by atoms with Gasteiger partial charge in [-0.25, -0.2) is 5.48 Å². The Morgan fingerprint density at radius 3 is 3.06 bits per heavy atom. The number of hydroxylamine groups is 1. The van der Waals surface area contributed by atoms with Crippen LogP contribution in [-0.2, 0) is 16.1 Å². The molecular formula is C12H14N2O2. The Kier molecular flexibility index (Phi) is 3.22. The number of para-hydroxylation sites is 1. The molecule has 4 heteroatoms. The second-order valence-corrected chi connectivity index (χ2v) is 3.49. The van der Waals surface area contributed by atoms with E-state index in [2.05, 4.69) is 10.5 Å². The molecule has 0 aliphatic heterocycles. The molecule has 0 aliphatic carbocycles. The SMILES string of the molecule is CCONC(=O)Cc1c[nH]c2ccccc12. The zero-order valence-corrected chi connectivity index (χ0v) is 9.12. The van der Waals surface area contributed by atoms with Crippen LogP contribution < -0.4 is 5.48 Å². The number of aromatic amines is 1. The fourth-order valence-electron chi connectivity index (χ4n) is 1.64. The molecule has 84 valence electrons. The third-order valence-electron chi connectivity index (χ3n) is 2.36. The van der Waals surface area contributed by atoms with Gasteiger partial charge >= 0.3 is 0 Å². The number of amides is 1. The van der Waals surface area contributed by atoms with Crippen molar-refractivity contribution in [3.05, 3.63) is 36.0 Å². The van der Waals surface area contributed by atoms with Crippen LogP contribution in [-0.4, -0.2) is 17.5 Å². The molecule has 1 amide bonds. The average molecular weight is 218 g/mol. The predicted molar refractivity (Wildman–Crippen MR) is 61.8 cm³/mol. The number of carbonyl (C=O) groups is 1. The molecule has 1 aromatic heterocycles. The van der Waals surface area contributed by atoms with E-state index in [0.717, 1.165) is 16.5 Å². The minimum absolute atomic E-state index is 0.133. The van der Waals surface area contributed by atoms with Crippen molar-refractivity contribution in [1.29, 1.82) is 0 Å². The number of fused-ring (bicyclic) bond motifs is 1. The van der Waals surface area contributed by atoms with E-state index in [0.29, 0.717) is 13.0 Å². The van der Waals surface area contributed by atoms with Crippen LogP contribution in [0.25, 0.3) is 10.9 Å². The van der Waals surface area contributed by atoms with E-state index < -0.39 is 0 Å². The van der Waals surface area contributed by atoms with Crippen LogP contribution >= 0.6 is 0 Å². The highest BCUT2D eigenvalue weighted by Gasteiger charge is 2.07. The summed E-state index contributed by atoms with van der Waals surface area (Å²) in [6.45, 7) is 2.30. The topological polar surface area (TPSA) is 54.1 Å². The molecule has 0 radical (unpaired) electrons. The first-order chi connectivity index (χ1) is 7.81. The van der Waals surface area contributed by atoms with E-state index >= 15 is 0 Å². The summed E-state index contributed by atoms with van der Waals surface area (Å²) in [5.74, 6) is -0.133. The lowest BCUT2D eigenvalue weighted by Crippen LogP contribution is -2.25. The molecule has 4 nitrogen and oxygen atoms in total. The van der Waals surface area contributed by atoms with Crippen molar-refractivity contribution < 1.29 is 9.63 Å². The highest BCUT2D eigenvalue weighted by molar-refractivity contribution is 5.88. The molecule has 0 bridgehead atoms. The number of nitrogens with one attached hydrogen (secondary N) is 2. The second-order valence-electron chi connectivity index (χ2n) is 3.49. The molecule has 0 atom stereocenters. The van der Waals surface area contributed by atoms with Crippen LogP contribution in [0.2, 0.25) is 0 Å². The molecule has 0 saturated carbocycles. The minimum atomic E-state index is -0.133. The van der Waals surface area contributed by atoms with E-state index in [9.17, 15) is 4.79 Å². The van der Waals surface area contributed by atoms with E-state index in [1.54, 1.807) is 0 Å². The van der Waals surface area contributed by atoms with Crippen molar-refractivity contribution in [2.24, 2.45) is 0 Å². The summed E-state index contributed by atoms with van der Waals surface area (Å²) in [4.78, 5) is 19.4. The molecule has 0 fully saturated rings. The highest BCUT2D eigenvalue weighted by atomic mass is 16.6. The lowest BCUT2D eigenvalue weighted by atomic mass is 10.1. The van der Waals surface area contributed by atoms with Crippen LogP contribution in [0.4, 0.5) is 0 Å². The summed E-state index contributed by atoms with van der Waals surface area (Å²) in [6, 6.07) is 7.90. The van der Waals surface area contributed by atoms with Gasteiger partial charge in [0.15, 0.2) is 0 Å². The van der Waals surface area contributed by atoms with Gasteiger partial charge in [-0.05, 0) is 18.6 Å². The van der Waals surface area contributed by atoms with Gasteiger partial charge in [0.05, 0.1) is 13.0 Å². The molecule has 0 spiro atoms. The number of rotatable bonds is 4. The Morgan fingerprint density at radius 2 is 2.25 bits per heavy atom. The largest absolute Gasteiger partial charge is 0.361 e. The third kappa shape index (κ3) is 2.23. The normalized spacial score (nSPS) is 10.6. The van der Waals surface area contributed by atoms with Gasteiger partial charge in [-0.1, -0.05) is 18.2 Å². The second kappa shape index (κ2) is 4.81. The Hall–Kier alpha value is -1.81. The lowest BCUT2D eigenvalue weighted by molar-refractivity contribution is -0.132. The van der Waals surface area contributed by atoms with Gasteiger partial charge in [-0.3, -0.25) is 9.63 Å². The molecule has 0 unspecified atom stereocenters. The molecule has 2 aromatic rings. The summed E-state index contributed by atoms with van der Waals surface area (Å²) >= 11 is 0. The van der Waals surface area contributed by atoms with Gasteiger partial charge in [0, 0.05) is 17.1 Å². The van der Waals surface area contributed by atoms with Crippen LogP contribution in [0.3, 0.4) is 0 Å². The van der Waals surface area contributed by atoms with E-state index in [4.69, 9.17) is 4.84 Å². The van der Waals surface area contributed by atoms with Crippen LogP contribution in [0.1, 0.15) is 12.5 Å². The summed E-state index contributed by atoms with van der Waals surface area (Å²) in [7, 11) is 0. The molecular weight excluding hydrogens is 204 g/mol. The number of hydrogen-bond acceptors (Lipinski definition) is 2. The summed E-state index contributed by atoms with van der Waals surface area (Å²) < 4.78 is 0. The quantitative estimate of drug-likeness (QED) is 0.768. The van der Waals surface area contributed by atoms with Crippen LogP contribution in [0.5, 0.6) is 0 Å². The zero-order valence-electron chi connectivity index (χ0n) is 9.12. The predicted octanol–water partition coefficient (Wildman–Crippen LogP) is 1.78. The minimum Gasteiger partial charge on any atom is -0.361 e. The van der Waals surface area contributed by atoms with Gasteiger partial charge in [0.2, 0.25) is 5.91 Å². The Labute approximate surface area is 93.6 Å². The Morgan fingerprint density at radius 1 is 1.44 bits per heavy atom. The number of H-pyrrole nitrogens is 1. The number of benzene rings is 1. The maximum Gasteiger partial charge on any atom is 0.248 e. The summed E-state index contributed by atoms with van der Waals surface area (Å²) in [6.07, 6.45) is 2.18. The molecule has 2 N–H and O–H groups in total. The standard InChI is InChI=1S/C12H14N2O2/c1-2-16-14-12(15)7-9-8-13-11-6-4-3-5-10(9)11/h3-6,8,13H,2,7H2,1H3,(H,14,15). The maximum absolute atomic E-state index is 11.5. The number of hydrogen-bond donors (Lipinski definition) is 2. The van der Waals surface area contributed by atoms with E-state index in [-0.39, 0.29) is 5.91 Å². The smallest absolute Gasteiger partial charge is 0.248 e. The van der Waals surface area contributed by atoms with Crippen molar-refractivity contribution in [2.45, 2.75) is 13.3 Å². The van der Waals surface area contributed by atoms with Crippen molar-refractivity contribution in [1.82, 2.24) is 10.5 Å². The fraction of sp³-hybridized carbons (Fsp3) is 0.250. The van der Waals surface area contributed by atoms with E-state index in [1.165, 1.54) is 0 Å². The van der Waals surface area contributed by atoms with Crippen LogP contribution in [0, 0.1) is 0 Å². The lowest BCUT2D eigenvalue weighted by Gasteiger charge is -2.02. The molecule has 1 heterocycles. The van der Waals surface area contributed by atoms with Gasteiger partial charge in [0.1, 0.15) is 0 Å². The highest BCUT2D eigenvalue weighted by Crippen LogP contribution is 2.17. The van der Waals surface area contributed by atoms with Crippen molar-refractivity contribution in [3.8, 4) is 0 Å². The third-order valence-corrected chi connectivity index (χ3v) is 2.36. The molecule has 0 saturated heterocycles. The van der Waals surface area contributed by atoms with Gasteiger partial charge in [0.25, 0.3) is 0 Å². The molecule has 0 aliphatic rings. The molecule has 2 rings (SSSR count). The first kappa shape index (κ1) is 10.7. The fourth-order valence-corrected chi connectivity index (χ4v) is 1.64. The number of aromatic nitrogens is 1. The van der Waals surface area contributed by atoms with Gasteiger partial charge in [-0.15, -0.1) is 0 Å². The average Bonchev–Trinajstić information content (AvgIpc) is 2.70. The number of carbonyl (C=O) groups excluding carboxylic acids is 1. The zero-order chi connectivity index (χ0) is 11.4. The van der Waals surface area contributed by atoms with Gasteiger partial charge in [-0.2, -0.15) is 0 Å². The maximum atomic E-state index is 11.5. The Balaban J connectivity index is 2.12. The molecule has 16 heavy (non-hydrogen) atoms. The van der Waals surface area contributed by atoms with Crippen molar-refractivity contribution in [2.75, 3.05) is 6.61 Å². The van der Waals surface area contributed by atoms with Crippen molar-refractivity contribution >= 4 is 16.8 Å². The van der Waals surface area contributed by atoms with Crippen LogP contribution in [0.15, 0.2) is 30.5 Å². The monoisotopic (exact) mass is 218 g/mol. The first-order valence-electron chi connectivity index (χ1n) is 5.27. The van der Waals surface area contributed by atoms with Crippen molar-refractivity contribution in [3.63, 3.8) is 0 Å². The van der Waals surface area contributed by atoms with Gasteiger partial charge < -0.3 is 4.98 Å². The Bertz CT molecular complexity index is 490. The first-order valence-corrected chi connectivity index (χ1v) is 5.27.